The summed E-state index contributed by atoms with van der Waals surface area (Å²) >= 11 is 2.29. The lowest BCUT2D eigenvalue weighted by atomic mass is 9.83. The zero-order valence-electron chi connectivity index (χ0n) is 22.0. The molecule has 0 aliphatic carbocycles. The molecule has 0 bridgehead atoms. The van der Waals surface area contributed by atoms with Crippen LogP contribution in [0.15, 0.2) is 107 Å². The van der Waals surface area contributed by atoms with E-state index in [4.69, 9.17) is 4.74 Å². The van der Waals surface area contributed by atoms with Crippen LogP contribution in [0.5, 0.6) is 5.75 Å². The number of H-pyrrole nitrogens is 1. The van der Waals surface area contributed by atoms with E-state index in [-0.39, 0.29) is 29.2 Å². The van der Waals surface area contributed by atoms with Crippen molar-refractivity contribution in [2.24, 2.45) is 5.92 Å². The van der Waals surface area contributed by atoms with Gasteiger partial charge in [-0.2, -0.15) is 0 Å². The summed E-state index contributed by atoms with van der Waals surface area (Å²) in [5, 5.41) is 4.79. The number of carbonyl (C=O) groups excluding carboxylic acids is 3. The van der Waals surface area contributed by atoms with E-state index in [0.717, 1.165) is 27.7 Å². The fourth-order valence-electron chi connectivity index (χ4n) is 5.68. The molecule has 7 rings (SSSR count). The number of aromatic nitrogens is 1. The third-order valence-corrected chi connectivity index (χ3v) is 9.89. The standard InChI is InChI=1S/C32H23N3O5S2/c36-24(33-23-15-7-9-18-8-4-5-14-22(18)23)17-40-21-13-6-10-19(16-21)25-26-28(41-29-27(25)42-32(39)34-29)31(38)35(30(26)37)20-11-2-1-3-12-20/h1-16,25-26,28H,17H2,(H,33,36)(H,34,39). The van der Waals surface area contributed by atoms with Gasteiger partial charge >= 0.3 is 4.87 Å². The molecule has 10 heteroatoms. The van der Waals surface area contributed by atoms with Crippen LogP contribution < -0.4 is 19.8 Å². The summed E-state index contributed by atoms with van der Waals surface area (Å²) in [4.78, 5) is 57.2. The molecule has 208 valence electrons. The minimum atomic E-state index is -0.702. The highest BCUT2D eigenvalue weighted by molar-refractivity contribution is 8.00. The van der Waals surface area contributed by atoms with Crippen molar-refractivity contribution in [3.05, 3.63) is 117 Å². The van der Waals surface area contributed by atoms with Crippen LogP contribution in [0.25, 0.3) is 10.8 Å². The van der Waals surface area contributed by atoms with E-state index in [1.54, 1.807) is 42.5 Å². The maximum atomic E-state index is 13.8. The summed E-state index contributed by atoms with van der Waals surface area (Å²) in [5.41, 5.74) is 1.95. The summed E-state index contributed by atoms with van der Waals surface area (Å²) in [7, 11) is 0. The number of thiazole rings is 1. The molecule has 3 unspecified atom stereocenters. The van der Waals surface area contributed by atoms with E-state index in [9.17, 15) is 19.2 Å². The van der Waals surface area contributed by atoms with Crippen molar-refractivity contribution in [3.63, 3.8) is 0 Å². The van der Waals surface area contributed by atoms with Crippen LogP contribution in [0, 0.1) is 5.92 Å². The number of imide groups is 1. The smallest absolute Gasteiger partial charge is 0.305 e. The van der Waals surface area contributed by atoms with Crippen molar-refractivity contribution in [2.45, 2.75) is 16.2 Å². The van der Waals surface area contributed by atoms with E-state index < -0.39 is 17.1 Å². The first-order valence-electron chi connectivity index (χ1n) is 13.3. The summed E-state index contributed by atoms with van der Waals surface area (Å²) < 4.78 is 5.88. The number of nitrogens with zero attached hydrogens (tertiary/aromatic N) is 1. The predicted molar refractivity (Wildman–Crippen MR) is 163 cm³/mol. The van der Waals surface area contributed by atoms with Gasteiger partial charge in [0.05, 0.1) is 16.6 Å². The number of amides is 3. The molecule has 8 nitrogen and oxygen atoms in total. The quantitative estimate of drug-likeness (QED) is 0.255. The zero-order valence-corrected chi connectivity index (χ0v) is 23.6. The number of thioether (sulfide) groups is 1. The summed E-state index contributed by atoms with van der Waals surface area (Å²) in [5.74, 6) is -1.72. The molecule has 2 N–H and O–H groups in total. The molecule has 1 fully saturated rings. The summed E-state index contributed by atoms with van der Waals surface area (Å²) in [6.07, 6.45) is 0. The fraction of sp³-hybridized carbons (Fsp3) is 0.125. The minimum Gasteiger partial charge on any atom is -0.484 e. The Balaban J connectivity index is 1.16. The van der Waals surface area contributed by atoms with Crippen LogP contribution in [0.2, 0.25) is 0 Å². The van der Waals surface area contributed by atoms with Crippen molar-refractivity contribution >= 4 is 63.0 Å². The Morgan fingerprint density at radius 3 is 2.50 bits per heavy atom. The fourth-order valence-corrected chi connectivity index (χ4v) is 8.19. The molecule has 3 amide bonds. The average molecular weight is 594 g/mol. The third kappa shape index (κ3) is 4.58. The highest BCUT2D eigenvalue weighted by Crippen LogP contribution is 2.53. The lowest BCUT2D eigenvalue weighted by Gasteiger charge is -2.30. The van der Waals surface area contributed by atoms with Gasteiger partial charge in [0.15, 0.2) is 6.61 Å². The number of nitrogens with one attached hydrogen (secondary N) is 2. The topological polar surface area (TPSA) is 109 Å². The van der Waals surface area contributed by atoms with Crippen LogP contribution in [0.1, 0.15) is 16.4 Å². The third-order valence-electron chi connectivity index (χ3n) is 7.49. The molecule has 0 radical (unpaired) electrons. The summed E-state index contributed by atoms with van der Waals surface area (Å²) in [6, 6.07) is 29.5. The molecule has 3 heterocycles. The first-order chi connectivity index (χ1) is 20.5. The number of fused-ring (bicyclic) bond motifs is 3. The Morgan fingerprint density at radius 1 is 0.881 bits per heavy atom. The van der Waals surface area contributed by atoms with Crippen molar-refractivity contribution in [1.82, 2.24) is 4.98 Å². The maximum absolute atomic E-state index is 13.8. The average Bonchev–Trinajstić information content (AvgIpc) is 3.50. The van der Waals surface area contributed by atoms with Gasteiger partial charge in [-0.3, -0.25) is 19.2 Å². The molecule has 3 atom stereocenters. The van der Waals surface area contributed by atoms with Crippen LogP contribution in [0.4, 0.5) is 11.4 Å². The van der Waals surface area contributed by atoms with Crippen LogP contribution in [-0.2, 0) is 14.4 Å². The molecule has 2 aliphatic heterocycles. The van der Waals surface area contributed by atoms with E-state index >= 15 is 0 Å². The van der Waals surface area contributed by atoms with Gasteiger partial charge in [0.1, 0.15) is 11.0 Å². The number of hydrogen-bond donors (Lipinski definition) is 2. The van der Waals surface area contributed by atoms with Gasteiger partial charge in [-0.25, -0.2) is 4.90 Å². The Hall–Kier alpha value is -4.67. The van der Waals surface area contributed by atoms with Crippen LogP contribution in [-0.4, -0.2) is 34.6 Å². The molecule has 0 spiro atoms. The SMILES string of the molecule is O=C(COc1cccc(C2c3sc(=O)[nH]c3SC3C(=O)N(c4ccccc4)C(=O)C32)c1)Nc1cccc2ccccc12. The van der Waals surface area contributed by atoms with Gasteiger partial charge < -0.3 is 15.0 Å². The largest absolute Gasteiger partial charge is 0.484 e. The Bertz CT molecular complexity index is 1910. The van der Waals surface area contributed by atoms with Gasteiger partial charge in [0.2, 0.25) is 11.8 Å². The molecular formula is C32H23N3O5S2. The monoisotopic (exact) mass is 593 g/mol. The van der Waals surface area contributed by atoms with Crippen LogP contribution >= 0.6 is 23.1 Å². The number of rotatable bonds is 6. The normalized spacial score (nSPS) is 19.4. The van der Waals surface area contributed by atoms with E-state index in [0.29, 0.717) is 27.0 Å². The van der Waals surface area contributed by atoms with Gasteiger partial charge in [0.25, 0.3) is 5.91 Å². The molecule has 1 aromatic heterocycles. The predicted octanol–water partition coefficient (Wildman–Crippen LogP) is 5.40. The molecular weight excluding hydrogens is 571 g/mol. The zero-order chi connectivity index (χ0) is 28.8. The number of hydrogen-bond acceptors (Lipinski definition) is 7. The Labute approximate surface area is 248 Å². The van der Waals surface area contributed by atoms with Gasteiger partial charge in [-0.1, -0.05) is 89.8 Å². The second kappa shape index (κ2) is 10.6. The Kier molecular flexibility index (Phi) is 6.64. The lowest BCUT2D eigenvalue weighted by molar-refractivity contribution is -0.122. The van der Waals surface area contributed by atoms with Gasteiger partial charge in [-0.15, -0.1) is 0 Å². The molecule has 4 aromatic carbocycles. The molecule has 1 saturated heterocycles. The summed E-state index contributed by atoms with van der Waals surface area (Å²) in [6.45, 7) is -0.221. The molecule has 5 aromatic rings. The van der Waals surface area contributed by atoms with Crippen molar-refractivity contribution in [3.8, 4) is 5.75 Å². The van der Waals surface area contributed by atoms with Crippen LogP contribution in [0.3, 0.4) is 0 Å². The molecule has 42 heavy (non-hydrogen) atoms. The number of para-hydroxylation sites is 1. The highest BCUT2D eigenvalue weighted by atomic mass is 32.2. The molecule has 2 aliphatic rings. The van der Waals surface area contributed by atoms with Crippen molar-refractivity contribution in [2.75, 3.05) is 16.8 Å². The number of aromatic amines is 1. The van der Waals surface area contributed by atoms with Gasteiger partial charge in [-0.05, 0) is 41.3 Å². The number of anilines is 2. The maximum Gasteiger partial charge on any atom is 0.305 e. The first kappa shape index (κ1) is 26.2. The number of benzene rings is 4. The molecule has 0 saturated carbocycles. The first-order valence-corrected chi connectivity index (χ1v) is 15.0. The Morgan fingerprint density at radius 2 is 1.64 bits per heavy atom. The van der Waals surface area contributed by atoms with E-state index in [2.05, 4.69) is 10.3 Å². The lowest BCUT2D eigenvalue weighted by Crippen LogP contribution is -2.32. The van der Waals surface area contributed by atoms with Crippen molar-refractivity contribution in [1.29, 1.82) is 0 Å². The van der Waals surface area contributed by atoms with E-state index in [1.807, 2.05) is 54.6 Å². The number of ether oxygens (including phenoxy) is 1. The number of carbonyl (C=O) groups is 3. The minimum absolute atomic E-state index is 0.221. The second-order valence-electron chi connectivity index (χ2n) is 10.0. The highest BCUT2D eigenvalue weighted by Gasteiger charge is 2.56. The van der Waals surface area contributed by atoms with Gasteiger partial charge in [0, 0.05) is 21.9 Å². The van der Waals surface area contributed by atoms with E-state index in [1.165, 1.54) is 16.7 Å². The van der Waals surface area contributed by atoms with Crippen molar-refractivity contribution < 1.29 is 19.1 Å². The second-order valence-corrected chi connectivity index (χ2v) is 12.2.